The highest BCUT2D eigenvalue weighted by molar-refractivity contribution is 6.23. The van der Waals surface area contributed by atoms with Gasteiger partial charge in [0, 0.05) is 25.1 Å². The van der Waals surface area contributed by atoms with Crippen LogP contribution in [0, 0.1) is 0 Å². The molecule has 1 atom stereocenters. The van der Waals surface area contributed by atoms with Gasteiger partial charge < -0.3 is 19.6 Å². The molecular formula is C19H22N2O4. The molecular weight excluding hydrogens is 320 g/mol. The topological polar surface area (TPSA) is 71.4 Å². The Morgan fingerprint density at radius 2 is 1.92 bits per heavy atom. The van der Waals surface area contributed by atoms with Gasteiger partial charge in [-0.05, 0) is 42.5 Å². The fraction of sp³-hybridized carbons (Fsp3) is 0.474. The van der Waals surface area contributed by atoms with E-state index >= 15 is 0 Å². The maximum atomic E-state index is 12.4. The third-order valence-corrected chi connectivity index (χ3v) is 5.53. The number of fused-ring (bicyclic) bond motifs is 4. The van der Waals surface area contributed by atoms with E-state index < -0.39 is 0 Å². The largest absolute Gasteiger partial charge is 0.493 e. The normalized spacial score (nSPS) is 23.9. The van der Waals surface area contributed by atoms with E-state index in [1.807, 2.05) is 12.1 Å². The van der Waals surface area contributed by atoms with Crippen molar-refractivity contribution in [2.24, 2.45) is 5.16 Å². The van der Waals surface area contributed by atoms with Crippen molar-refractivity contribution in [3.8, 4) is 11.5 Å². The first kappa shape index (κ1) is 16.0. The van der Waals surface area contributed by atoms with Crippen molar-refractivity contribution in [1.82, 2.24) is 4.90 Å². The summed E-state index contributed by atoms with van der Waals surface area (Å²) < 4.78 is 10.9. The number of carbonyl (C=O) groups is 1. The second-order valence-corrected chi connectivity index (χ2v) is 6.71. The van der Waals surface area contributed by atoms with E-state index in [0.29, 0.717) is 29.9 Å². The number of ether oxygens (including phenoxy) is 2. The highest BCUT2D eigenvalue weighted by Gasteiger charge is 2.40. The van der Waals surface area contributed by atoms with Gasteiger partial charge in [0.1, 0.15) is 0 Å². The smallest absolute Gasteiger partial charge is 0.166 e. The van der Waals surface area contributed by atoms with Gasteiger partial charge in [-0.25, -0.2) is 0 Å². The Kier molecular flexibility index (Phi) is 3.90. The molecule has 0 unspecified atom stereocenters. The van der Waals surface area contributed by atoms with Gasteiger partial charge in [0.05, 0.1) is 31.5 Å². The molecule has 0 saturated heterocycles. The number of ketones is 1. The molecule has 0 amide bonds. The fourth-order valence-electron chi connectivity index (χ4n) is 4.39. The first-order valence-electron chi connectivity index (χ1n) is 8.67. The minimum Gasteiger partial charge on any atom is -0.493 e. The Balaban J connectivity index is 1.83. The zero-order valence-electron chi connectivity index (χ0n) is 14.5. The number of hydrogen-bond donors (Lipinski definition) is 1. The van der Waals surface area contributed by atoms with Crippen molar-refractivity contribution in [2.75, 3.05) is 20.8 Å². The number of allylic oxidation sites excluding steroid dienone is 2. The van der Waals surface area contributed by atoms with Crippen molar-refractivity contribution >= 4 is 11.5 Å². The molecule has 0 fully saturated rings. The van der Waals surface area contributed by atoms with Gasteiger partial charge in [0.2, 0.25) is 0 Å². The van der Waals surface area contributed by atoms with Crippen LogP contribution in [0.3, 0.4) is 0 Å². The molecule has 0 aromatic heterocycles. The number of oxime groups is 1. The summed E-state index contributed by atoms with van der Waals surface area (Å²) in [5.41, 5.74) is 4.59. The molecule has 1 aromatic carbocycles. The maximum absolute atomic E-state index is 12.4. The van der Waals surface area contributed by atoms with Crippen LogP contribution < -0.4 is 9.47 Å². The fourth-order valence-corrected chi connectivity index (χ4v) is 4.39. The van der Waals surface area contributed by atoms with Gasteiger partial charge in [-0.3, -0.25) is 4.79 Å². The molecule has 0 saturated carbocycles. The van der Waals surface area contributed by atoms with E-state index in [0.717, 1.165) is 42.8 Å². The molecule has 1 N–H and O–H groups in total. The van der Waals surface area contributed by atoms with E-state index in [1.165, 1.54) is 5.56 Å². The Morgan fingerprint density at radius 1 is 1.16 bits per heavy atom. The molecule has 2 aliphatic heterocycles. The van der Waals surface area contributed by atoms with Crippen LogP contribution in [0.2, 0.25) is 0 Å². The predicted molar refractivity (Wildman–Crippen MR) is 92.4 cm³/mol. The van der Waals surface area contributed by atoms with Gasteiger partial charge in [0.15, 0.2) is 17.3 Å². The third kappa shape index (κ3) is 2.39. The summed E-state index contributed by atoms with van der Waals surface area (Å²) >= 11 is 0. The Bertz CT molecular complexity index is 797. The number of hydrogen-bond acceptors (Lipinski definition) is 6. The highest BCUT2D eigenvalue weighted by Crippen LogP contribution is 2.46. The lowest BCUT2D eigenvalue weighted by atomic mass is 9.79. The Labute approximate surface area is 146 Å². The summed E-state index contributed by atoms with van der Waals surface area (Å²) in [6.45, 7) is 0.859. The molecule has 0 radical (unpaired) electrons. The summed E-state index contributed by atoms with van der Waals surface area (Å²) in [6.07, 6.45) is 3.68. The van der Waals surface area contributed by atoms with E-state index in [4.69, 9.17) is 9.47 Å². The zero-order chi connectivity index (χ0) is 17.6. The second-order valence-electron chi connectivity index (χ2n) is 6.71. The molecule has 0 spiro atoms. The summed E-state index contributed by atoms with van der Waals surface area (Å²) in [7, 11) is 3.27. The van der Waals surface area contributed by atoms with Crippen molar-refractivity contribution in [2.45, 2.75) is 38.1 Å². The maximum Gasteiger partial charge on any atom is 0.166 e. The first-order chi connectivity index (χ1) is 12.2. The minimum absolute atomic E-state index is 0.0686. The monoisotopic (exact) mass is 342 g/mol. The van der Waals surface area contributed by atoms with E-state index in [-0.39, 0.29) is 11.8 Å². The first-order valence-corrected chi connectivity index (χ1v) is 8.67. The highest BCUT2D eigenvalue weighted by atomic mass is 16.5. The quantitative estimate of drug-likeness (QED) is 0.661. The standard InChI is InChI=1S/C19H22N2O4/c1-24-17-8-11-6-7-21-14-4-3-5-16(22)19(14)13(20-23)10-15(21)12(11)9-18(17)25-2/h8-9,15,23H,3-7,10H2,1-2H3/b20-13-/t15-/m1/s1. The summed E-state index contributed by atoms with van der Waals surface area (Å²) in [5.74, 6) is 1.53. The third-order valence-electron chi connectivity index (χ3n) is 5.53. The SMILES string of the molecule is COc1cc2c(cc1OC)[C@H]1C/C(=N/O)C3=C(CCCC3=O)N1CC2. The number of methoxy groups -OCH3 is 2. The van der Waals surface area contributed by atoms with Crippen LogP contribution >= 0.6 is 0 Å². The average molecular weight is 342 g/mol. The van der Waals surface area contributed by atoms with Crippen molar-refractivity contribution in [1.29, 1.82) is 0 Å². The van der Waals surface area contributed by atoms with Crippen LogP contribution in [-0.2, 0) is 11.2 Å². The summed E-state index contributed by atoms with van der Waals surface area (Å²) in [5, 5.41) is 13.0. The molecule has 4 rings (SSSR count). The van der Waals surface area contributed by atoms with Gasteiger partial charge in [0.25, 0.3) is 0 Å². The van der Waals surface area contributed by atoms with Crippen LogP contribution in [0.5, 0.6) is 11.5 Å². The lowest BCUT2D eigenvalue weighted by Crippen LogP contribution is -2.43. The average Bonchev–Trinajstić information content (AvgIpc) is 2.65. The molecule has 1 aromatic rings. The number of rotatable bonds is 2. The summed E-state index contributed by atoms with van der Waals surface area (Å²) in [6, 6.07) is 4.13. The van der Waals surface area contributed by atoms with E-state index in [9.17, 15) is 10.0 Å². The molecule has 25 heavy (non-hydrogen) atoms. The van der Waals surface area contributed by atoms with Crippen LogP contribution in [0.4, 0.5) is 0 Å². The van der Waals surface area contributed by atoms with Gasteiger partial charge in [-0.15, -0.1) is 0 Å². The van der Waals surface area contributed by atoms with Crippen molar-refractivity contribution < 1.29 is 19.5 Å². The van der Waals surface area contributed by atoms with E-state index in [1.54, 1.807) is 14.2 Å². The van der Waals surface area contributed by atoms with Crippen LogP contribution in [0.1, 0.15) is 42.9 Å². The van der Waals surface area contributed by atoms with Gasteiger partial charge in [-0.2, -0.15) is 0 Å². The minimum atomic E-state index is 0.0686. The van der Waals surface area contributed by atoms with Crippen molar-refractivity contribution in [3.63, 3.8) is 0 Å². The van der Waals surface area contributed by atoms with Gasteiger partial charge >= 0.3 is 0 Å². The van der Waals surface area contributed by atoms with Crippen LogP contribution in [0.25, 0.3) is 0 Å². The lowest BCUT2D eigenvalue weighted by molar-refractivity contribution is -0.115. The Morgan fingerprint density at radius 3 is 2.64 bits per heavy atom. The van der Waals surface area contributed by atoms with Crippen LogP contribution in [-0.4, -0.2) is 42.4 Å². The van der Waals surface area contributed by atoms with Gasteiger partial charge in [-0.1, -0.05) is 5.16 Å². The molecule has 132 valence electrons. The zero-order valence-corrected chi connectivity index (χ0v) is 14.5. The lowest BCUT2D eigenvalue weighted by Gasteiger charge is -2.45. The molecule has 6 nitrogen and oxygen atoms in total. The number of nitrogens with zero attached hydrogens (tertiary/aromatic N) is 2. The number of carbonyl (C=O) groups excluding carboxylic acids is 1. The number of benzene rings is 1. The van der Waals surface area contributed by atoms with Crippen molar-refractivity contribution in [3.05, 3.63) is 34.5 Å². The number of Topliss-reactive ketones (excluding diaryl/α,β-unsaturated/α-hetero) is 1. The van der Waals surface area contributed by atoms with E-state index in [2.05, 4.69) is 10.1 Å². The molecule has 3 aliphatic rings. The predicted octanol–water partition coefficient (Wildman–Crippen LogP) is 2.84. The second kappa shape index (κ2) is 6.10. The summed E-state index contributed by atoms with van der Waals surface area (Å²) in [4.78, 5) is 14.7. The molecule has 0 bridgehead atoms. The van der Waals surface area contributed by atoms with Crippen LogP contribution in [0.15, 0.2) is 28.6 Å². The molecule has 6 heteroatoms. The molecule has 2 heterocycles. The Hall–Kier alpha value is -2.50. The molecule has 1 aliphatic carbocycles.